The van der Waals surface area contributed by atoms with Crippen LogP contribution in [0, 0.1) is 0 Å². The second kappa shape index (κ2) is 14.0. The molecule has 0 aliphatic carbocycles. The first-order chi connectivity index (χ1) is 16.2. The topological polar surface area (TPSA) is 128 Å². The van der Waals surface area contributed by atoms with Gasteiger partial charge in [0.1, 0.15) is 5.69 Å². The summed E-state index contributed by atoms with van der Waals surface area (Å²) in [5.41, 5.74) is 0.579. The highest BCUT2D eigenvalue weighted by atomic mass is 16.7. The van der Waals surface area contributed by atoms with Gasteiger partial charge in [-0.25, -0.2) is 4.68 Å². The SMILES string of the molecule is CCCCCCCCOCc1cn([C@H]2O[C@@H](C)[C@H](OC(C)=O)[C@@H](OC(C)=O)[C@H]2OC(C)=O)nn1. The molecule has 11 heteroatoms. The third kappa shape index (κ3) is 8.68. The van der Waals surface area contributed by atoms with E-state index in [1.54, 1.807) is 13.1 Å². The molecule has 0 aromatic carbocycles. The Balaban J connectivity index is 2.07. The predicted octanol–water partition coefficient (Wildman–Crippen LogP) is 2.87. The quantitative estimate of drug-likeness (QED) is 0.235. The van der Waals surface area contributed by atoms with E-state index in [0.29, 0.717) is 12.3 Å². The number of unbranched alkanes of at least 4 members (excludes halogenated alkanes) is 5. The van der Waals surface area contributed by atoms with Gasteiger partial charge >= 0.3 is 17.9 Å². The number of rotatable bonds is 13. The van der Waals surface area contributed by atoms with Gasteiger partial charge in [0, 0.05) is 27.4 Å². The van der Waals surface area contributed by atoms with E-state index in [1.165, 1.54) is 51.1 Å². The molecule has 0 radical (unpaired) electrons. The maximum atomic E-state index is 11.8. The van der Waals surface area contributed by atoms with Crippen LogP contribution in [-0.4, -0.2) is 63.9 Å². The molecule has 1 saturated heterocycles. The molecule has 0 unspecified atom stereocenters. The summed E-state index contributed by atoms with van der Waals surface area (Å²) in [5, 5.41) is 8.22. The summed E-state index contributed by atoms with van der Waals surface area (Å²) in [6, 6.07) is 0. The van der Waals surface area contributed by atoms with Crippen molar-refractivity contribution in [1.29, 1.82) is 0 Å². The summed E-state index contributed by atoms with van der Waals surface area (Å²) in [6.07, 6.45) is 3.90. The first-order valence-electron chi connectivity index (χ1n) is 11.9. The van der Waals surface area contributed by atoms with Gasteiger partial charge in [-0.3, -0.25) is 14.4 Å². The van der Waals surface area contributed by atoms with E-state index in [1.807, 2.05) is 0 Å². The monoisotopic (exact) mass is 483 g/mol. The van der Waals surface area contributed by atoms with Gasteiger partial charge in [-0.05, 0) is 13.3 Å². The molecule has 1 aromatic rings. The van der Waals surface area contributed by atoms with E-state index in [4.69, 9.17) is 23.7 Å². The first-order valence-corrected chi connectivity index (χ1v) is 11.9. The molecule has 2 rings (SSSR count). The molecule has 0 N–H and O–H groups in total. The molecular formula is C23H37N3O8. The number of esters is 3. The van der Waals surface area contributed by atoms with Gasteiger partial charge in [-0.1, -0.05) is 44.2 Å². The Labute approximate surface area is 200 Å². The highest BCUT2D eigenvalue weighted by Gasteiger charge is 2.51. The molecule has 1 aromatic heterocycles. The van der Waals surface area contributed by atoms with Crippen LogP contribution in [0.2, 0.25) is 0 Å². The fraction of sp³-hybridized carbons (Fsp3) is 0.783. The van der Waals surface area contributed by atoms with Crippen molar-refractivity contribution in [1.82, 2.24) is 15.0 Å². The molecule has 1 fully saturated rings. The van der Waals surface area contributed by atoms with E-state index in [2.05, 4.69) is 17.2 Å². The molecule has 5 atom stereocenters. The molecular weight excluding hydrogens is 446 g/mol. The third-order valence-corrected chi connectivity index (χ3v) is 5.36. The zero-order valence-corrected chi connectivity index (χ0v) is 20.7. The minimum absolute atomic E-state index is 0.277. The zero-order chi connectivity index (χ0) is 25.1. The summed E-state index contributed by atoms with van der Waals surface area (Å²) in [5.74, 6) is -1.81. The van der Waals surface area contributed by atoms with Crippen molar-refractivity contribution in [2.24, 2.45) is 0 Å². The van der Waals surface area contributed by atoms with E-state index in [0.717, 1.165) is 12.8 Å². The highest BCUT2D eigenvalue weighted by Crippen LogP contribution is 2.34. The van der Waals surface area contributed by atoms with E-state index >= 15 is 0 Å². The number of carbonyl (C=O) groups is 3. The molecule has 0 saturated carbocycles. The van der Waals surface area contributed by atoms with E-state index in [9.17, 15) is 14.4 Å². The summed E-state index contributed by atoms with van der Waals surface area (Å²) in [6.45, 7) is 8.45. The molecule has 0 bridgehead atoms. The standard InChI is InChI=1S/C23H37N3O8/c1-6-7-8-9-10-11-12-30-14-19-13-26(25-24-19)23-22(34-18(5)29)21(33-17(4)28)20(15(2)31-23)32-16(3)27/h13,15,20-23H,6-12,14H2,1-5H3/t15-,20-,21+,22+,23-/m0/s1. The number of nitrogens with zero attached hydrogens (tertiary/aromatic N) is 3. The van der Waals surface area contributed by atoms with Crippen LogP contribution in [0.1, 0.15) is 85.1 Å². The Hall–Kier alpha value is -2.53. The van der Waals surface area contributed by atoms with Crippen molar-refractivity contribution < 1.29 is 38.1 Å². The Morgan fingerprint density at radius 3 is 2.15 bits per heavy atom. The summed E-state index contributed by atoms with van der Waals surface area (Å²) in [4.78, 5) is 35.2. The van der Waals surface area contributed by atoms with Crippen LogP contribution in [0.25, 0.3) is 0 Å². The van der Waals surface area contributed by atoms with Crippen LogP contribution in [-0.2, 0) is 44.7 Å². The minimum Gasteiger partial charge on any atom is -0.456 e. The van der Waals surface area contributed by atoms with E-state index < -0.39 is 48.6 Å². The van der Waals surface area contributed by atoms with Crippen molar-refractivity contribution in [2.45, 2.75) is 110 Å². The Bertz CT molecular complexity index is 799. The Morgan fingerprint density at radius 1 is 0.912 bits per heavy atom. The highest BCUT2D eigenvalue weighted by molar-refractivity contribution is 5.68. The molecule has 2 heterocycles. The van der Waals surface area contributed by atoms with Crippen LogP contribution in [0.15, 0.2) is 6.20 Å². The van der Waals surface area contributed by atoms with Gasteiger partial charge < -0.3 is 23.7 Å². The van der Waals surface area contributed by atoms with Gasteiger partial charge in [0.2, 0.25) is 0 Å². The third-order valence-electron chi connectivity index (χ3n) is 5.36. The summed E-state index contributed by atoms with van der Waals surface area (Å²) >= 11 is 0. The van der Waals surface area contributed by atoms with Crippen LogP contribution in [0.5, 0.6) is 0 Å². The number of aromatic nitrogens is 3. The average molecular weight is 484 g/mol. The van der Waals surface area contributed by atoms with Gasteiger partial charge in [0.25, 0.3) is 0 Å². The molecule has 0 amide bonds. The van der Waals surface area contributed by atoms with Crippen molar-refractivity contribution in [3.63, 3.8) is 0 Å². The predicted molar refractivity (Wildman–Crippen MR) is 119 cm³/mol. The smallest absolute Gasteiger partial charge is 0.303 e. The molecule has 34 heavy (non-hydrogen) atoms. The van der Waals surface area contributed by atoms with Crippen LogP contribution >= 0.6 is 0 Å². The van der Waals surface area contributed by atoms with Gasteiger partial charge in [-0.15, -0.1) is 5.10 Å². The second-order valence-electron chi connectivity index (χ2n) is 8.46. The lowest BCUT2D eigenvalue weighted by Crippen LogP contribution is -2.58. The Kier molecular flexibility index (Phi) is 11.4. The lowest BCUT2D eigenvalue weighted by atomic mass is 9.98. The maximum Gasteiger partial charge on any atom is 0.303 e. The van der Waals surface area contributed by atoms with Crippen LogP contribution in [0.4, 0.5) is 0 Å². The lowest BCUT2D eigenvalue weighted by Gasteiger charge is -2.43. The zero-order valence-electron chi connectivity index (χ0n) is 20.7. The van der Waals surface area contributed by atoms with Crippen molar-refractivity contribution in [3.8, 4) is 0 Å². The van der Waals surface area contributed by atoms with Gasteiger partial charge in [0.15, 0.2) is 24.5 Å². The number of hydrogen-bond acceptors (Lipinski definition) is 10. The van der Waals surface area contributed by atoms with E-state index in [-0.39, 0.29) is 6.61 Å². The number of carbonyl (C=O) groups excluding carboxylic acids is 3. The fourth-order valence-electron chi connectivity index (χ4n) is 3.87. The lowest BCUT2D eigenvalue weighted by molar-refractivity contribution is -0.261. The molecule has 11 nitrogen and oxygen atoms in total. The largest absolute Gasteiger partial charge is 0.456 e. The normalized spacial score (nSPS) is 24.4. The van der Waals surface area contributed by atoms with Crippen LogP contribution in [0.3, 0.4) is 0 Å². The number of hydrogen-bond donors (Lipinski definition) is 0. The van der Waals surface area contributed by atoms with Crippen molar-refractivity contribution in [2.75, 3.05) is 6.61 Å². The van der Waals surface area contributed by atoms with Gasteiger partial charge in [-0.2, -0.15) is 0 Å². The van der Waals surface area contributed by atoms with Gasteiger partial charge in [0.05, 0.1) is 18.9 Å². The maximum absolute atomic E-state index is 11.8. The minimum atomic E-state index is -1.11. The summed E-state index contributed by atoms with van der Waals surface area (Å²) in [7, 11) is 0. The second-order valence-corrected chi connectivity index (χ2v) is 8.46. The van der Waals surface area contributed by atoms with Crippen molar-refractivity contribution in [3.05, 3.63) is 11.9 Å². The van der Waals surface area contributed by atoms with Crippen molar-refractivity contribution >= 4 is 17.9 Å². The first kappa shape index (κ1) is 27.7. The molecule has 1 aliphatic heterocycles. The summed E-state index contributed by atoms with van der Waals surface area (Å²) < 4.78 is 29.3. The molecule has 0 spiro atoms. The molecule has 192 valence electrons. The fourth-order valence-corrected chi connectivity index (χ4v) is 3.87. The average Bonchev–Trinajstić information content (AvgIpc) is 3.22. The molecule has 1 aliphatic rings. The Morgan fingerprint density at radius 2 is 1.50 bits per heavy atom. The van der Waals surface area contributed by atoms with Crippen LogP contribution < -0.4 is 0 Å². The number of ether oxygens (including phenoxy) is 5.